The van der Waals surface area contributed by atoms with Crippen LogP contribution in [-0.2, 0) is 0 Å². The van der Waals surface area contributed by atoms with E-state index in [4.69, 9.17) is 23.2 Å². The maximum atomic E-state index is 11.4. The van der Waals surface area contributed by atoms with Crippen LogP contribution in [0.25, 0.3) is 11.1 Å². The Bertz CT molecular complexity index is 520. The molecule has 0 fully saturated rings. The zero-order valence-corrected chi connectivity index (χ0v) is 10.1. The number of pyridine rings is 1. The molecule has 0 N–H and O–H groups in total. The van der Waals surface area contributed by atoms with E-state index in [1.807, 2.05) is 6.07 Å². The van der Waals surface area contributed by atoms with Crippen molar-refractivity contribution in [3.8, 4) is 11.1 Å². The predicted octanol–water partition coefficient (Wildman–Crippen LogP) is 3.60. The summed E-state index contributed by atoms with van der Waals surface area (Å²) in [4.78, 5) is 0. The number of aromatic nitrogens is 1. The second kappa shape index (κ2) is 4.32. The zero-order chi connectivity index (χ0) is 11.7. The van der Waals surface area contributed by atoms with Crippen molar-refractivity contribution >= 4 is 23.2 Å². The molecule has 0 unspecified atom stereocenters. The highest BCUT2D eigenvalue weighted by Gasteiger charge is 2.06. The van der Waals surface area contributed by atoms with E-state index in [1.165, 1.54) is 6.20 Å². The number of aryl methyl sites for hydroxylation is 1. The average Bonchev–Trinajstić information content (AvgIpc) is 2.20. The Balaban J connectivity index is 2.54. The first kappa shape index (κ1) is 11.2. The van der Waals surface area contributed by atoms with Gasteiger partial charge in [0.15, 0.2) is 11.9 Å². The first-order valence-corrected chi connectivity index (χ1v) is 5.48. The largest absolute Gasteiger partial charge is 0.618 e. The van der Waals surface area contributed by atoms with Crippen LogP contribution < -0.4 is 4.73 Å². The van der Waals surface area contributed by atoms with Crippen LogP contribution in [0, 0.1) is 12.1 Å². The number of halogens is 2. The number of benzene rings is 1. The lowest BCUT2D eigenvalue weighted by Crippen LogP contribution is -2.29. The van der Waals surface area contributed by atoms with Gasteiger partial charge >= 0.3 is 0 Å². The Morgan fingerprint density at radius 3 is 2.19 bits per heavy atom. The molecular weight excluding hydrogens is 245 g/mol. The molecule has 0 aliphatic carbocycles. The molecule has 0 aliphatic heterocycles. The Hall–Kier alpha value is -1.25. The van der Waals surface area contributed by atoms with Crippen molar-refractivity contribution in [3.05, 3.63) is 57.5 Å². The third-order valence-corrected chi connectivity index (χ3v) is 2.74. The van der Waals surface area contributed by atoms with Gasteiger partial charge in [-0.1, -0.05) is 23.2 Å². The van der Waals surface area contributed by atoms with E-state index in [0.29, 0.717) is 15.7 Å². The van der Waals surface area contributed by atoms with Gasteiger partial charge in [-0.15, -0.1) is 0 Å². The molecule has 2 aromatic rings. The second-order valence-corrected chi connectivity index (χ2v) is 4.42. The highest BCUT2D eigenvalue weighted by Crippen LogP contribution is 2.26. The molecule has 0 radical (unpaired) electrons. The summed E-state index contributed by atoms with van der Waals surface area (Å²) in [7, 11) is 0. The summed E-state index contributed by atoms with van der Waals surface area (Å²) in [5.74, 6) is 0. The summed E-state index contributed by atoms with van der Waals surface area (Å²) < 4.78 is 0.824. The molecule has 16 heavy (non-hydrogen) atoms. The minimum atomic E-state index is 0.556. The van der Waals surface area contributed by atoms with Crippen LogP contribution in [0.3, 0.4) is 0 Å². The van der Waals surface area contributed by atoms with Gasteiger partial charge in [-0.25, -0.2) is 0 Å². The van der Waals surface area contributed by atoms with Crippen molar-refractivity contribution in [2.45, 2.75) is 6.92 Å². The fraction of sp³-hybridized carbons (Fsp3) is 0.0833. The van der Waals surface area contributed by atoms with E-state index in [2.05, 4.69) is 0 Å². The van der Waals surface area contributed by atoms with Crippen LogP contribution in [0.4, 0.5) is 0 Å². The predicted molar refractivity (Wildman–Crippen MR) is 65.6 cm³/mol. The van der Waals surface area contributed by atoms with Crippen LogP contribution >= 0.6 is 23.2 Å². The SMILES string of the molecule is Cc1ccc(-c2cc(Cl)cc(Cl)c2)c[n+]1[O-]. The van der Waals surface area contributed by atoms with Crippen molar-refractivity contribution in [2.24, 2.45) is 0 Å². The molecule has 1 aromatic heterocycles. The van der Waals surface area contributed by atoms with Crippen molar-refractivity contribution < 1.29 is 4.73 Å². The fourth-order valence-electron chi connectivity index (χ4n) is 1.45. The first-order chi connectivity index (χ1) is 7.56. The molecule has 0 amide bonds. The summed E-state index contributed by atoms with van der Waals surface area (Å²) in [5.41, 5.74) is 2.28. The van der Waals surface area contributed by atoms with Crippen molar-refractivity contribution in [1.29, 1.82) is 0 Å². The summed E-state index contributed by atoms with van der Waals surface area (Å²) in [6.45, 7) is 1.75. The van der Waals surface area contributed by atoms with E-state index in [1.54, 1.807) is 31.2 Å². The molecular formula is C12H9Cl2NO. The minimum absolute atomic E-state index is 0.556. The molecule has 0 aliphatic rings. The van der Waals surface area contributed by atoms with E-state index in [9.17, 15) is 5.21 Å². The fourth-order valence-corrected chi connectivity index (χ4v) is 1.97. The molecule has 0 bridgehead atoms. The smallest absolute Gasteiger partial charge is 0.189 e. The van der Waals surface area contributed by atoms with Crippen LogP contribution in [0.1, 0.15) is 5.69 Å². The number of rotatable bonds is 1. The van der Waals surface area contributed by atoms with Crippen LogP contribution in [0.5, 0.6) is 0 Å². The van der Waals surface area contributed by atoms with Crippen molar-refractivity contribution in [2.75, 3.05) is 0 Å². The average molecular weight is 254 g/mol. The highest BCUT2D eigenvalue weighted by molar-refractivity contribution is 6.35. The lowest BCUT2D eigenvalue weighted by Gasteiger charge is -2.05. The molecule has 4 heteroatoms. The third kappa shape index (κ3) is 2.29. The van der Waals surface area contributed by atoms with Gasteiger partial charge in [0.25, 0.3) is 0 Å². The van der Waals surface area contributed by atoms with Gasteiger partial charge < -0.3 is 5.21 Å². The second-order valence-electron chi connectivity index (χ2n) is 3.54. The van der Waals surface area contributed by atoms with Gasteiger partial charge in [-0.2, -0.15) is 4.73 Å². The number of hydrogen-bond donors (Lipinski definition) is 0. The minimum Gasteiger partial charge on any atom is -0.618 e. The van der Waals surface area contributed by atoms with E-state index < -0.39 is 0 Å². The van der Waals surface area contributed by atoms with Gasteiger partial charge in [0.2, 0.25) is 0 Å². The number of hydrogen-bond acceptors (Lipinski definition) is 1. The molecule has 82 valence electrons. The Morgan fingerprint density at radius 1 is 1.00 bits per heavy atom. The van der Waals surface area contributed by atoms with Gasteiger partial charge in [0.05, 0.1) is 0 Å². The zero-order valence-electron chi connectivity index (χ0n) is 8.58. The molecule has 2 nitrogen and oxygen atoms in total. The summed E-state index contributed by atoms with van der Waals surface area (Å²) >= 11 is 11.8. The quantitative estimate of drug-likeness (QED) is 0.564. The topological polar surface area (TPSA) is 26.9 Å². The van der Waals surface area contributed by atoms with E-state index >= 15 is 0 Å². The lowest BCUT2D eigenvalue weighted by atomic mass is 10.1. The van der Waals surface area contributed by atoms with E-state index in [0.717, 1.165) is 15.9 Å². The molecule has 0 saturated heterocycles. The summed E-state index contributed by atoms with van der Waals surface area (Å²) in [5, 5.41) is 12.5. The molecule has 2 rings (SSSR count). The maximum Gasteiger partial charge on any atom is 0.189 e. The molecule has 1 aromatic carbocycles. The van der Waals surface area contributed by atoms with Crippen molar-refractivity contribution in [3.63, 3.8) is 0 Å². The molecule has 0 saturated carbocycles. The van der Waals surface area contributed by atoms with Crippen LogP contribution in [-0.4, -0.2) is 0 Å². The summed E-state index contributed by atoms with van der Waals surface area (Å²) in [6, 6.07) is 8.84. The Morgan fingerprint density at radius 2 is 1.62 bits per heavy atom. The number of nitrogens with zero attached hydrogens (tertiary/aromatic N) is 1. The Kier molecular flexibility index (Phi) is 3.03. The van der Waals surface area contributed by atoms with Crippen molar-refractivity contribution in [1.82, 2.24) is 0 Å². The lowest BCUT2D eigenvalue weighted by molar-refractivity contribution is -0.611. The Labute approximate surface area is 104 Å². The molecule has 0 atom stereocenters. The molecule has 1 heterocycles. The van der Waals surface area contributed by atoms with Gasteiger partial charge in [0.1, 0.15) is 0 Å². The standard InChI is InChI=1S/C12H9Cl2NO/c1-8-2-3-9(7-15(8)16)10-4-11(13)6-12(14)5-10/h2-7H,1H3. The summed E-state index contributed by atoms with van der Waals surface area (Å²) in [6.07, 6.45) is 1.51. The van der Waals surface area contributed by atoms with Gasteiger partial charge in [-0.05, 0) is 29.8 Å². The molecule has 0 spiro atoms. The first-order valence-electron chi connectivity index (χ1n) is 4.72. The van der Waals surface area contributed by atoms with E-state index in [-0.39, 0.29) is 0 Å². The normalized spacial score (nSPS) is 10.4. The highest BCUT2D eigenvalue weighted by atomic mass is 35.5. The van der Waals surface area contributed by atoms with Crippen LogP contribution in [0.15, 0.2) is 36.5 Å². The van der Waals surface area contributed by atoms with Gasteiger partial charge in [0, 0.05) is 28.6 Å². The maximum absolute atomic E-state index is 11.4. The van der Waals surface area contributed by atoms with Gasteiger partial charge in [-0.3, -0.25) is 0 Å². The third-order valence-electron chi connectivity index (χ3n) is 2.30. The monoisotopic (exact) mass is 253 g/mol. The van der Waals surface area contributed by atoms with Crippen LogP contribution in [0.2, 0.25) is 10.0 Å².